The second-order valence-electron chi connectivity index (χ2n) is 5.55. The summed E-state index contributed by atoms with van der Waals surface area (Å²) in [7, 11) is 1.61. The Morgan fingerprint density at radius 3 is 2.62 bits per heavy atom. The van der Waals surface area contributed by atoms with Crippen LogP contribution in [0.1, 0.15) is 12.0 Å². The molecule has 0 atom stereocenters. The van der Waals surface area contributed by atoms with Crippen molar-refractivity contribution in [3.8, 4) is 16.9 Å². The zero-order chi connectivity index (χ0) is 16.8. The van der Waals surface area contributed by atoms with Gasteiger partial charge in [0.2, 0.25) is 5.91 Å². The largest absolute Gasteiger partial charge is 0.495 e. The van der Waals surface area contributed by atoms with Crippen LogP contribution in [-0.4, -0.2) is 18.0 Å². The first-order chi connectivity index (χ1) is 11.8. The van der Waals surface area contributed by atoms with E-state index < -0.39 is 0 Å². The van der Waals surface area contributed by atoms with Crippen LogP contribution in [-0.2, 0) is 11.2 Å². The molecular formula is C20H20N2O2. The molecule has 1 heterocycles. The summed E-state index contributed by atoms with van der Waals surface area (Å²) in [5.74, 6) is 0.633. The van der Waals surface area contributed by atoms with Gasteiger partial charge in [0.05, 0.1) is 12.8 Å². The van der Waals surface area contributed by atoms with Gasteiger partial charge in [-0.15, -0.1) is 0 Å². The van der Waals surface area contributed by atoms with Crippen LogP contribution >= 0.6 is 0 Å². The molecule has 3 rings (SSSR count). The van der Waals surface area contributed by atoms with E-state index in [2.05, 4.69) is 10.3 Å². The van der Waals surface area contributed by atoms with Gasteiger partial charge in [-0.1, -0.05) is 36.4 Å². The molecule has 0 radical (unpaired) electrons. The van der Waals surface area contributed by atoms with Crippen molar-refractivity contribution < 1.29 is 9.53 Å². The van der Waals surface area contributed by atoms with E-state index in [1.165, 1.54) is 0 Å². The van der Waals surface area contributed by atoms with Gasteiger partial charge in [0.15, 0.2) is 0 Å². The number of hydrogen-bond donors (Lipinski definition) is 2. The predicted molar refractivity (Wildman–Crippen MR) is 96.2 cm³/mol. The van der Waals surface area contributed by atoms with E-state index in [4.69, 9.17) is 4.74 Å². The number of benzene rings is 2. The highest BCUT2D eigenvalue weighted by Gasteiger charge is 2.10. The van der Waals surface area contributed by atoms with E-state index in [0.29, 0.717) is 17.9 Å². The standard InChI is InChI=1S/C20H20N2O2/c1-24-19-13-16(17-11-12-21-14-17)8-9-18(19)22-20(23)10-7-15-5-3-2-4-6-15/h2-6,8-9,11-14,21H,7,10H2,1H3,(H,22,23). The lowest BCUT2D eigenvalue weighted by molar-refractivity contribution is -0.116. The maximum Gasteiger partial charge on any atom is 0.224 e. The lowest BCUT2D eigenvalue weighted by Crippen LogP contribution is -2.13. The van der Waals surface area contributed by atoms with Crippen molar-refractivity contribution in [2.75, 3.05) is 12.4 Å². The van der Waals surface area contributed by atoms with E-state index in [1.54, 1.807) is 7.11 Å². The van der Waals surface area contributed by atoms with Crippen molar-refractivity contribution in [1.82, 2.24) is 4.98 Å². The summed E-state index contributed by atoms with van der Waals surface area (Å²) in [6.45, 7) is 0. The van der Waals surface area contributed by atoms with Gasteiger partial charge in [-0.2, -0.15) is 0 Å². The minimum Gasteiger partial charge on any atom is -0.495 e. The monoisotopic (exact) mass is 320 g/mol. The smallest absolute Gasteiger partial charge is 0.224 e. The molecule has 0 spiro atoms. The number of amides is 1. The maximum absolute atomic E-state index is 12.2. The lowest BCUT2D eigenvalue weighted by Gasteiger charge is -2.12. The first-order valence-electron chi connectivity index (χ1n) is 7.91. The van der Waals surface area contributed by atoms with Crippen LogP contribution in [0.3, 0.4) is 0 Å². The lowest BCUT2D eigenvalue weighted by atomic mass is 10.1. The quantitative estimate of drug-likeness (QED) is 0.713. The predicted octanol–water partition coefficient (Wildman–Crippen LogP) is 4.26. The number of H-pyrrole nitrogens is 1. The van der Waals surface area contributed by atoms with Gasteiger partial charge in [0.25, 0.3) is 0 Å². The summed E-state index contributed by atoms with van der Waals surface area (Å²) in [5.41, 5.74) is 3.96. The topological polar surface area (TPSA) is 54.1 Å². The second-order valence-corrected chi connectivity index (χ2v) is 5.55. The SMILES string of the molecule is COc1cc(-c2cc[nH]c2)ccc1NC(=O)CCc1ccccc1. The number of ether oxygens (including phenoxy) is 1. The Morgan fingerprint density at radius 2 is 1.92 bits per heavy atom. The van der Waals surface area contributed by atoms with Crippen molar-refractivity contribution in [3.05, 3.63) is 72.6 Å². The van der Waals surface area contributed by atoms with Crippen molar-refractivity contribution in [2.24, 2.45) is 0 Å². The van der Waals surface area contributed by atoms with E-state index in [-0.39, 0.29) is 5.91 Å². The number of hydrogen-bond acceptors (Lipinski definition) is 2. The number of aromatic amines is 1. The van der Waals surface area contributed by atoms with Gasteiger partial charge in [-0.25, -0.2) is 0 Å². The minimum absolute atomic E-state index is 0.0217. The second kappa shape index (κ2) is 7.51. The molecule has 0 bridgehead atoms. The van der Waals surface area contributed by atoms with Gasteiger partial charge in [-0.05, 0) is 41.3 Å². The van der Waals surface area contributed by atoms with Gasteiger partial charge in [0.1, 0.15) is 5.75 Å². The van der Waals surface area contributed by atoms with Crippen molar-refractivity contribution >= 4 is 11.6 Å². The molecule has 4 heteroatoms. The molecular weight excluding hydrogens is 300 g/mol. The molecule has 3 aromatic rings. The number of methoxy groups -OCH3 is 1. The van der Waals surface area contributed by atoms with Gasteiger partial charge in [0, 0.05) is 18.8 Å². The molecule has 0 aliphatic rings. The van der Waals surface area contributed by atoms with E-state index >= 15 is 0 Å². The maximum atomic E-state index is 12.2. The zero-order valence-corrected chi connectivity index (χ0v) is 13.6. The van der Waals surface area contributed by atoms with Crippen LogP contribution in [0.2, 0.25) is 0 Å². The highest BCUT2D eigenvalue weighted by molar-refractivity contribution is 5.93. The Kier molecular flexibility index (Phi) is 4.96. The molecule has 24 heavy (non-hydrogen) atoms. The molecule has 1 amide bonds. The highest BCUT2D eigenvalue weighted by atomic mass is 16.5. The third-order valence-electron chi connectivity index (χ3n) is 3.89. The van der Waals surface area contributed by atoms with Gasteiger partial charge in [-0.3, -0.25) is 4.79 Å². The third-order valence-corrected chi connectivity index (χ3v) is 3.89. The van der Waals surface area contributed by atoms with Crippen LogP contribution in [0.25, 0.3) is 11.1 Å². The van der Waals surface area contributed by atoms with Crippen LogP contribution in [0, 0.1) is 0 Å². The average Bonchev–Trinajstić information content (AvgIpc) is 3.16. The number of carbonyl (C=O) groups excluding carboxylic acids is 1. The highest BCUT2D eigenvalue weighted by Crippen LogP contribution is 2.30. The van der Waals surface area contributed by atoms with Gasteiger partial charge >= 0.3 is 0 Å². The molecule has 0 saturated heterocycles. The molecule has 0 aliphatic heterocycles. The van der Waals surface area contributed by atoms with Crippen LogP contribution < -0.4 is 10.1 Å². The molecule has 1 aromatic heterocycles. The zero-order valence-electron chi connectivity index (χ0n) is 13.6. The molecule has 4 nitrogen and oxygen atoms in total. The number of aromatic nitrogens is 1. The van der Waals surface area contributed by atoms with E-state index in [9.17, 15) is 4.79 Å². The van der Waals surface area contributed by atoms with E-state index in [0.717, 1.165) is 23.1 Å². The van der Waals surface area contributed by atoms with Crippen molar-refractivity contribution in [1.29, 1.82) is 0 Å². The Morgan fingerprint density at radius 1 is 1.08 bits per heavy atom. The summed E-state index contributed by atoms with van der Waals surface area (Å²) < 4.78 is 5.42. The summed E-state index contributed by atoms with van der Waals surface area (Å²) >= 11 is 0. The average molecular weight is 320 g/mol. The molecule has 2 aromatic carbocycles. The van der Waals surface area contributed by atoms with Crippen molar-refractivity contribution in [3.63, 3.8) is 0 Å². The minimum atomic E-state index is -0.0217. The van der Waals surface area contributed by atoms with Gasteiger partial charge < -0.3 is 15.0 Å². The summed E-state index contributed by atoms with van der Waals surface area (Å²) in [5, 5.41) is 2.93. The first kappa shape index (κ1) is 15.9. The Hall–Kier alpha value is -3.01. The molecule has 122 valence electrons. The molecule has 0 unspecified atom stereocenters. The molecule has 0 saturated carbocycles. The summed E-state index contributed by atoms with van der Waals surface area (Å²) in [6.07, 6.45) is 4.96. The fourth-order valence-electron chi connectivity index (χ4n) is 2.59. The Bertz CT molecular complexity index is 796. The molecule has 0 fully saturated rings. The Labute approximate surface area is 141 Å². The fourth-order valence-corrected chi connectivity index (χ4v) is 2.59. The number of aryl methyl sites for hydroxylation is 1. The fraction of sp³-hybridized carbons (Fsp3) is 0.150. The van der Waals surface area contributed by atoms with Crippen LogP contribution in [0.4, 0.5) is 5.69 Å². The van der Waals surface area contributed by atoms with Crippen LogP contribution in [0.5, 0.6) is 5.75 Å². The third kappa shape index (κ3) is 3.84. The Balaban J connectivity index is 1.67. The van der Waals surface area contributed by atoms with E-state index in [1.807, 2.05) is 67.0 Å². The summed E-state index contributed by atoms with van der Waals surface area (Å²) in [6, 6.07) is 17.8. The number of carbonyl (C=O) groups is 1. The molecule has 2 N–H and O–H groups in total. The summed E-state index contributed by atoms with van der Waals surface area (Å²) in [4.78, 5) is 15.2. The molecule has 0 aliphatic carbocycles. The number of nitrogens with one attached hydrogen (secondary N) is 2. The van der Waals surface area contributed by atoms with Crippen molar-refractivity contribution in [2.45, 2.75) is 12.8 Å². The number of anilines is 1. The normalized spacial score (nSPS) is 10.4. The number of rotatable bonds is 6. The first-order valence-corrected chi connectivity index (χ1v) is 7.91. The van der Waals surface area contributed by atoms with Crippen LogP contribution in [0.15, 0.2) is 67.0 Å².